The second kappa shape index (κ2) is 16.7. The summed E-state index contributed by atoms with van der Waals surface area (Å²) in [7, 11) is 1.68. The first kappa shape index (κ1) is 36.1. The Morgan fingerprint density at radius 3 is 2.51 bits per heavy atom. The van der Waals surface area contributed by atoms with Gasteiger partial charge in [0, 0.05) is 50.8 Å². The highest BCUT2D eigenvalue weighted by molar-refractivity contribution is 5.99. The standard InChI is InChI=1S/C30H47F3N4O6/c1-19(2)34-29(41)36(6)17-26-20(3)16-37(21(4)18-38)28(40)24-15-23(35-27(39)12-13-30(31,32)33)10-11-25(24)43-22(5)9-7-8-14-42-26/h10-11,15,19-22,26,38H,7-9,12-14,16-18H2,1-6H3,(H,34,41)(H,35,39)/t20-,21+,22-,26-/m0/s1. The van der Waals surface area contributed by atoms with Gasteiger partial charge in [-0.3, -0.25) is 9.59 Å². The Balaban J connectivity index is 2.42. The summed E-state index contributed by atoms with van der Waals surface area (Å²) in [5.41, 5.74) is 0.260. The third-order valence-corrected chi connectivity index (χ3v) is 7.18. The molecule has 0 saturated carbocycles. The number of nitrogens with zero attached hydrogens (tertiary/aromatic N) is 2. The van der Waals surface area contributed by atoms with E-state index in [1.54, 1.807) is 18.9 Å². The monoisotopic (exact) mass is 616 g/mol. The van der Waals surface area contributed by atoms with Gasteiger partial charge in [0.05, 0.1) is 36.8 Å². The van der Waals surface area contributed by atoms with E-state index in [0.29, 0.717) is 13.0 Å². The number of aliphatic hydroxyl groups excluding tert-OH is 1. The second-order valence-electron chi connectivity index (χ2n) is 11.7. The molecule has 43 heavy (non-hydrogen) atoms. The van der Waals surface area contributed by atoms with Crippen LogP contribution < -0.4 is 15.4 Å². The van der Waals surface area contributed by atoms with Crippen molar-refractivity contribution in [2.75, 3.05) is 38.7 Å². The van der Waals surface area contributed by atoms with Gasteiger partial charge in [-0.15, -0.1) is 0 Å². The van der Waals surface area contributed by atoms with Crippen molar-refractivity contribution in [2.24, 2.45) is 5.92 Å². The molecule has 1 aliphatic rings. The fraction of sp³-hybridized carbons (Fsp3) is 0.700. The summed E-state index contributed by atoms with van der Waals surface area (Å²) >= 11 is 0. The molecule has 244 valence electrons. The molecule has 3 N–H and O–H groups in total. The van der Waals surface area contributed by atoms with Gasteiger partial charge in [0.2, 0.25) is 5.91 Å². The van der Waals surface area contributed by atoms with Crippen LogP contribution >= 0.6 is 0 Å². The van der Waals surface area contributed by atoms with Crippen molar-refractivity contribution >= 4 is 23.5 Å². The van der Waals surface area contributed by atoms with Crippen LogP contribution in [0.1, 0.15) is 77.1 Å². The molecule has 10 nitrogen and oxygen atoms in total. The average molecular weight is 617 g/mol. The van der Waals surface area contributed by atoms with E-state index in [1.165, 1.54) is 23.1 Å². The number of hydrogen-bond acceptors (Lipinski definition) is 6. The van der Waals surface area contributed by atoms with Gasteiger partial charge in [0.15, 0.2) is 0 Å². The van der Waals surface area contributed by atoms with Crippen LogP contribution in [0.5, 0.6) is 5.75 Å². The highest BCUT2D eigenvalue weighted by atomic mass is 19.4. The number of hydrogen-bond donors (Lipinski definition) is 3. The Hall–Kier alpha value is -3.06. The van der Waals surface area contributed by atoms with E-state index in [-0.39, 0.29) is 60.8 Å². The third-order valence-electron chi connectivity index (χ3n) is 7.18. The van der Waals surface area contributed by atoms with E-state index >= 15 is 0 Å². The summed E-state index contributed by atoms with van der Waals surface area (Å²) in [4.78, 5) is 41.9. The summed E-state index contributed by atoms with van der Waals surface area (Å²) in [6, 6.07) is 3.50. The largest absolute Gasteiger partial charge is 0.490 e. The zero-order chi connectivity index (χ0) is 32.3. The summed E-state index contributed by atoms with van der Waals surface area (Å²) in [5, 5.41) is 15.4. The maximum atomic E-state index is 14.1. The minimum absolute atomic E-state index is 0.0422. The van der Waals surface area contributed by atoms with Gasteiger partial charge in [-0.05, 0) is 65.2 Å². The number of amides is 4. The lowest BCUT2D eigenvalue weighted by Crippen LogP contribution is -2.49. The molecule has 0 fully saturated rings. The average Bonchev–Trinajstić information content (AvgIpc) is 2.92. The lowest BCUT2D eigenvalue weighted by atomic mass is 10.0. The smallest absolute Gasteiger partial charge is 0.389 e. The van der Waals surface area contributed by atoms with Gasteiger partial charge in [-0.2, -0.15) is 13.2 Å². The molecule has 0 unspecified atom stereocenters. The summed E-state index contributed by atoms with van der Waals surface area (Å²) in [6.45, 7) is 9.78. The van der Waals surface area contributed by atoms with Crippen molar-refractivity contribution in [3.63, 3.8) is 0 Å². The van der Waals surface area contributed by atoms with Gasteiger partial charge in [0.1, 0.15) is 5.75 Å². The molecule has 0 aliphatic carbocycles. The fourth-order valence-electron chi connectivity index (χ4n) is 4.65. The van der Waals surface area contributed by atoms with Crippen molar-refractivity contribution in [3.8, 4) is 5.75 Å². The molecule has 0 saturated heterocycles. The van der Waals surface area contributed by atoms with Crippen molar-refractivity contribution in [1.29, 1.82) is 0 Å². The predicted octanol–water partition coefficient (Wildman–Crippen LogP) is 4.81. The van der Waals surface area contributed by atoms with Crippen LogP contribution in [0.25, 0.3) is 0 Å². The van der Waals surface area contributed by atoms with Crippen LogP contribution in [0.4, 0.5) is 23.7 Å². The van der Waals surface area contributed by atoms with Crippen LogP contribution in [-0.2, 0) is 9.53 Å². The van der Waals surface area contributed by atoms with Crippen molar-refractivity contribution in [1.82, 2.24) is 15.1 Å². The molecule has 1 aliphatic heterocycles. The molecule has 0 radical (unpaired) electrons. The van der Waals surface area contributed by atoms with E-state index in [0.717, 1.165) is 12.8 Å². The molecule has 4 atom stereocenters. The topological polar surface area (TPSA) is 120 Å². The van der Waals surface area contributed by atoms with Gasteiger partial charge in [-0.1, -0.05) is 6.92 Å². The first-order valence-electron chi connectivity index (χ1n) is 14.8. The van der Waals surface area contributed by atoms with E-state index in [2.05, 4.69) is 10.6 Å². The van der Waals surface area contributed by atoms with Crippen LogP contribution in [-0.4, -0.2) is 96.6 Å². The van der Waals surface area contributed by atoms with E-state index in [1.807, 2.05) is 27.7 Å². The number of ether oxygens (including phenoxy) is 2. The number of nitrogens with one attached hydrogen (secondary N) is 2. The molecule has 1 aromatic carbocycles. The zero-order valence-corrected chi connectivity index (χ0v) is 26.0. The van der Waals surface area contributed by atoms with Crippen molar-refractivity contribution in [2.45, 2.75) is 97.2 Å². The number of carbonyl (C=O) groups is 3. The van der Waals surface area contributed by atoms with Crippen LogP contribution in [0, 0.1) is 5.92 Å². The van der Waals surface area contributed by atoms with E-state index in [9.17, 15) is 32.7 Å². The number of halogens is 3. The SMILES string of the molecule is CC(C)NC(=O)N(C)C[C@@H]1OCCCC[C@H](C)Oc2ccc(NC(=O)CCC(F)(F)F)cc2C(=O)N([C@H](C)CO)C[C@@H]1C. The molecule has 0 bridgehead atoms. The first-order valence-corrected chi connectivity index (χ1v) is 14.8. The normalized spacial score (nSPS) is 21.3. The first-order chi connectivity index (χ1) is 20.1. The minimum atomic E-state index is -4.47. The Bertz CT molecular complexity index is 1070. The molecule has 1 aromatic rings. The Morgan fingerprint density at radius 2 is 1.88 bits per heavy atom. The highest BCUT2D eigenvalue weighted by Crippen LogP contribution is 2.29. The fourth-order valence-corrected chi connectivity index (χ4v) is 4.65. The predicted molar refractivity (Wildman–Crippen MR) is 157 cm³/mol. The minimum Gasteiger partial charge on any atom is -0.490 e. The van der Waals surface area contributed by atoms with Crippen LogP contribution in [0.15, 0.2) is 18.2 Å². The summed E-state index contributed by atoms with van der Waals surface area (Å²) < 4.78 is 50.2. The lowest BCUT2D eigenvalue weighted by Gasteiger charge is -2.36. The molecule has 13 heteroatoms. The highest BCUT2D eigenvalue weighted by Gasteiger charge is 2.31. The van der Waals surface area contributed by atoms with Gasteiger partial charge in [-0.25, -0.2) is 4.79 Å². The Kier molecular flexibility index (Phi) is 14.0. The molecule has 0 aromatic heterocycles. The van der Waals surface area contributed by atoms with E-state index in [4.69, 9.17) is 9.47 Å². The zero-order valence-electron chi connectivity index (χ0n) is 26.0. The number of alkyl halides is 3. The van der Waals surface area contributed by atoms with Crippen LogP contribution in [0.3, 0.4) is 0 Å². The molecule has 0 spiro atoms. The van der Waals surface area contributed by atoms with Crippen molar-refractivity contribution in [3.05, 3.63) is 23.8 Å². The van der Waals surface area contributed by atoms with Gasteiger partial charge >= 0.3 is 12.2 Å². The maximum absolute atomic E-state index is 14.1. The number of fused-ring (bicyclic) bond motifs is 1. The number of likely N-dealkylation sites (N-methyl/N-ethyl adjacent to an activating group) is 1. The Morgan fingerprint density at radius 1 is 1.19 bits per heavy atom. The summed E-state index contributed by atoms with van der Waals surface area (Å²) in [5.74, 6) is -1.31. The van der Waals surface area contributed by atoms with Crippen molar-refractivity contribution < 1.29 is 42.1 Å². The summed E-state index contributed by atoms with van der Waals surface area (Å²) in [6.07, 6.45) is -4.97. The molecular weight excluding hydrogens is 569 g/mol. The van der Waals surface area contributed by atoms with Crippen LogP contribution in [0.2, 0.25) is 0 Å². The van der Waals surface area contributed by atoms with E-state index < -0.39 is 43.0 Å². The van der Waals surface area contributed by atoms with Gasteiger partial charge in [0.25, 0.3) is 5.91 Å². The molecule has 4 amide bonds. The number of aliphatic hydroxyl groups is 1. The molecular formula is C30H47F3N4O6. The third kappa shape index (κ3) is 12.2. The molecule has 1 heterocycles. The maximum Gasteiger partial charge on any atom is 0.389 e. The number of benzene rings is 1. The number of urea groups is 1. The number of carbonyl (C=O) groups excluding carboxylic acids is 3. The van der Waals surface area contributed by atoms with Gasteiger partial charge < -0.3 is 35.0 Å². The molecule has 2 rings (SSSR count). The Labute approximate surface area is 252 Å². The number of rotatable bonds is 8. The quantitative estimate of drug-likeness (QED) is 0.386. The lowest BCUT2D eigenvalue weighted by molar-refractivity contribution is -0.142. The second-order valence-corrected chi connectivity index (χ2v) is 11.7. The number of anilines is 1.